The molecule has 0 saturated carbocycles. The summed E-state index contributed by atoms with van der Waals surface area (Å²) in [7, 11) is 0. The number of hydrogen-bond donors (Lipinski definition) is 0. The molecule has 1 heteroatoms. The summed E-state index contributed by atoms with van der Waals surface area (Å²) in [5.74, 6) is 0. The second-order valence-electron chi connectivity index (χ2n) is 12.6. The number of nitrogens with zero attached hydrogens (tertiary/aromatic N) is 1. The molecule has 0 amide bonds. The molecule has 1 nitrogen and oxygen atoms in total. The lowest BCUT2D eigenvalue weighted by molar-refractivity contribution is 1.29. The minimum absolute atomic E-state index is 1.10. The van der Waals surface area contributed by atoms with Gasteiger partial charge >= 0.3 is 0 Å². The van der Waals surface area contributed by atoms with Crippen molar-refractivity contribution >= 4 is 51.1 Å². The Kier molecular flexibility index (Phi) is 22.3. The van der Waals surface area contributed by atoms with Crippen molar-refractivity contribution < 1.29 is 0 Å². The predicted octanol–water partition coefficient (Wildman–Crippen LogP) is 18.6. The first kappa shape index (κ1) is 48.7. The van der Waals surface area contributed by atoms with Crippen molar-refractivity contribution in [2.45, 2.75) is 69.2 Å². The number of para-hydroxylation sites is 1. The minimum atomic E-state index is 1.10. The second kappa shape index (κ2) is 27.9. The van der Waals surface area contributed by atoms with E-state index in [-0.39, 0.29) is 0 Å². The lowest BCUT2D eigenvalue weighted by Crippen LogP contribution is -2.10. The first-order chi connectivity index (χ1) is 30.3. The van der Waals surface area contributed by atoms with Crippen LogP contribution in [0.25, 0.3) is 34.1 Å². The molecule has 0 heterocycles. The van der Waals surface area contributed by atoms with Crippen molar-refractivity contribution in [1.82, 2.24) is 0 Å². The van der Waals surface area contributed by atoms with Crippen LogP contribution in [0.1, 0.15) is 103 Å². The topological polar surface area (TPSA) is 3.24 Å². The van der Waals surface area contributed by atoms with Crippen LogP contribution in [0.2, 0.25) is 0 Å². The van der Waals surface area contributed by atoms with Crippen molar-refractivity contribution in [1.29, 1.82) is 0 Å². The highest BCUT2D eigenvalue weighted by molar-refractivity contribution is 6.06. The molecule has 0 aliphatic heterocycles. The van der Waals surface area contributed by atoms with Crippen LogP contribution in [0.4, 0.5) is 17.1 Å². The Morgan fingerprint density at radius 1 is 0.295 bits per heavy atom. The maximum atomic E-state index is 2.37. The third-order valence-corrected chi connectivity index (χ3v) is 9.29. The molecule has 0 fully saturated rings. The molecule has 0 unspecified atom stereocenters. The fourth-order valence-electron chi connectivity index (χ4n) is 6.81. The zero-order valence-corrected chi connectivity index (χ0v) is 38.3. The van der Waals surface area contributed by atoms with Crippen LogP contribution < -0.4 is 4.90 Å². The van der Waals surface area contributed by atoms with Crippen molar-refractivity contribution in [2.75, 3.05) is 4.90 Å². The summed E-state index contributed by atoms with van der Waals surface area (Å²) in [5.41, 5.74) is 12.8. The van der Waals surface area contributed by atoms with Gasteiger partial charge in [0, 0.05) is 16.8 Å². The molecule has 312 valence electrons. The van der Waals surface area contributed by atoms with Crippen molar-refractivity contribution in [3.63, 3.8) is 0 Å². The predicted molar refractivity (Wildman–Crippen MR) is 275 cm³/mol. The fourth-order valence-corrected chi connectivity index (χ4v) is 6.81. The third kappa shape index (κ3) is 13.1. The summed E-state index contributed by atoms with van der Waals surface area (Å²) >= 11 is 0. The largest absolute Gasteiger partial charge is 0.310 e. The molecule has 8 aromatic rings. The third-order valence-electron chi connectivity index (χ3n) is 9.29. The maximum Gasteiger partial charge on any atom is 0.0540 e. The highest BCUT2D eigenvalue weighted by Crippen LogP contribution is 2.41. The molecule has 8 rings (SSSR count). The Hall–Kier alpha value is -6.70. The lowest BCUT2D eigenvalue weighted by atomic mass is 9.93. The van der Waals surface area contributed by atoms with E-state index in [0.717, 1.165) is 22.6 Å². The van der Waals surface area contributed by atoms with Gasteiger partial charge in [-0.1, -0.05) is 251 Å². The molecule has 61 heavy (non-hydrogen) atoms. The van der Waals surface area contributed by atoms with Crippen molar-refractivity contribution in [3.05, 3.63) is 246 Å². The molecule has 0 spiro atoms. The molecule has 8 aromatic carbocycles. The molecule has 0 bridgehead atoms. The Labute approximate surface area is 369 Å². The zero-order chi connectivity index (χ0) is 44.2. The van der Waals surface area contributed by atoms with Crippen LogP contribution >= 0.6 is 0 Å². The van der Waals surface area contributed by atoms with E-state index in [1.807, 2.05) is 69.2 Å². The number of fused-ring (bicyclic) bond motifs is 1. The molecule has 0 aromatic heterocycles. The standard InChI is InChI=1S/C50H37N.5C2H6/c1-6-18-39(19-7-1)48(40-20-8-2-9-21-40)36-38-30-33-45(34-31-38)51(44-26-14-5-15-27-44)50-35-32-43(46-28-16-17-29-47(46)50)37-49(41-22-10-3-11-23-41)42-24-12-4-13-25-42;5*1-2/h1-37H;5*1-2H3. The van der Waals surface area contributed by atoms with Gasteiger partial charge in [0.2, 0.25) is 0 Å². The van der Waals surface area contributed by atoms with Gasteiger partial charge < -0.3 is 4.90 Å². The molecular formula is C60H67N. The van der Waals surface area contributed by atoms with E-state index in [9.17, 15) is 0 Å². The van der Waals surface area contributed by atoms with Crippen LogP contribution in [0.5, 0.6) is 0 Å². The zero-order valence-electron chi connectivity index (χ0n) is 38.3. The van der Waals surface area contributed by atoms with Crippen LogP contribution in [0, 0.1) is 0 Å². The molecular weight excluding hydrogens is 735 g/mol. The highest BCUT2D eigenvalue weighted by atomic mass is 15.1. The molecule has 0 radical (unpaired) electrons. The van der Waals surface area contributed by atoms with E-state index < -0.39 is 0 Å². The number of benzene rings is 8. The minimum Gasteiger partial charge on any atom is -0.310 e. The quantitative estimate of drug-likeness (QED) is 0.131. The van der Waals surface area contributed by atoms with Gasteiger partial charge in [-0.05, 0) is 92.4 Å². The van der Waals surface area contributed by atoms with Crippen molar-refractivity contribution in [2.24, 2.45) is 0 Å². The van der Waals surface area contributed by atoms with Crippen LogP contribution in [-0.2, 0) is 0 Å². The molecule has 0 aliphatic rings. The van der Waals surface area contributed by atoms with E-state index in [2.05, 4.69) is 229 Å². The highest BCUT2D eigenvalue weighted by Gasteiger charge is 2.17. The van der Waals surface area contributed by atoms with Crippen molar-refractivity contribution in [3.8, 4) is 0 Å². The van der Waals surface area contributed by atoms with E-state index in [1.165, 1.54) is 49.7 Å². The van der Waals surface area contributed by atoms with Crippen LogP contribution in [-0.4, -0.2) is 0 Å². The number of rotatable bonds is 9. The Morgan fingerprint density at radius 2 is 0.623 bits per heavy atom. The van der Waals surface area contributed by atoms with Crippen LogP contribution in [0.15, 0.2) is 212 Å². The summed E-state index contributed by atoms with van der Waals surface area (Å²) in [5, 5.41) is 2.39. The lowest BCUT2D eigenvalue weighted by Gasteiger charge is -2.27. The molecule has 0 saturated heterocycles. The van der Waals surface area contributed by atoms with Gasteiger partial charge in [0.1, 0.15) is 0 Å². The number of anilines is 3. The summed E-state index contributed by atoms with van der Waals surface area (Å²) in [6.45, 7) is 20.0. The Morgan fingerprint density at radius 3 is 1.03 bits per heavy atom. The summed E-state index contributed by atoms with van der Waals surface area (Å²) in [6, 6.07) is 75.4. The molecule has 0 atom stereocenters. The van der Waals surface area contributed by atoms with E-state index in [4.69, 9.17) is 0 Å². The van der Waals surface area contributed by atoms with E-state index in [1.54, 1.807) is 0 Å². The van der Waals surface area contributed by atoms with Gasteiger partial charge in [-0.2, -0.15) is 0 Å². The van der Waals surface area contributed by atoms with Gasteiger partial charge in [-0.15, -0.1) is 0 Å². The second-order valence-corrected chi connectivity index (χ2v) is 12.6. The Balaban J connectivity index is 0.000000927. The number of hydrogen-bond acceptors (Lipinski definition) is 1. The van der Waals surface area contributed by atoms with E-state index in [0.29, 0.717) is 0 Å². The maximum absolute atomic E-state index is 2.37. The molecule has 0 aliphatic carbocycles. The van der Waals surface area contributed by atoms with Gasteiger partial charge in [-0.3, -0.25) is 0 Å². The normalized spacial score (nSPS) is 9.48. The van der Waals surface area contributed by atoms with Gasteiger partial charge in [0.15, 0.2) is 0 Å². The van der Waals surface area contributed by atoms with Gasteiger partial charge in [0.25, 0.3) is 0 Å². The molecule has 0 N–H and O–H groups in total. The summed E-state index contributed by atoms with van der Waals surface area (Å²) < 4.78 is 0. The monoisotopic (exact) mass is 802 g/mol. The average Bonchev–Trinajstić information content (AvgIpc) is 3.38. The van der Waals surface area contributed by atoms with E-state index >= 15 is 0 Å². The first-order valence-corrected chi connectivity index (χ1v) is 22.4. The van der Waals surface area contributed by atoms with Gasteiger partial charge in [0.05, 0.1) is 5.69 Å². The average molecular weight is 802 g/mol. The van der Waals surface area contributed by atoms with Gasteiger partial charge in [-0.25, -0.2) is 0 Å². The SMILES string of the molecule is C(=C(c1ccccc1)c1ccccc1)c1ccc(N(c2ccccc2)c2ccc(C=C(c3ccccc3)c3ccccc3)c3ccccc23)cc1.CC.CC.CC.CC.CC. The summed E-state index contributed by atoms with van der Waals surface area (Å²) in [6.07, 6.45) is 4.62. The smallest absolute Gasteiger partial charge is 0.0540 e. The first-order valence-electron chi connectivity index (χ1n) is 22.4. The van der Waals surface area contributed by atoms with Crippen LogP contribution in [0.3, 0.4) is 0 Å². The Bertz CT molecular complexity index is 2330. The summed E-state index contributed by atoms with van der Waals surface area (Å²) in [4.78, 5) is 2.37. The fraction of sp³-hybridized carbons (Fsp3) is 0.167.